The number of Topliss-reactive ketones (excluding diaryl/α,β-unsaturated/α-hetero) is 1. The monoisotopic (exact) mass is 282 g/mol. The molecule has 0 aliphatic heterocycles. The van der Waals surface area contributed by atoms with Gasteiger partial charge in [-0.1, -0.05) is 23.7 Å². The first-order valence-corrected chi connectivity index (χ1v) is 7.32. The molecule has 1 aromatic carbocycles. The van der Waals surface area contributed by atoms with Crippen LogP contribution in [0.3, 0.4) is 0 Å². The van der Waals surface area contributed by atoms with Crippen LogP contribution in [0, 0.1) is 6.92 Å². The minimum Gasteiger partial charge on any atom is -0.292 e. The van der Waals surface area contributed by atoms with Crippen LogP contribution >= 0.6 is 34.7 Å². The number of aryl methyl sites for hydroxylation is 1. The summed E-state index contributed by atoms with van der Waals surface area (Å²) in [5.74, 6) is 0.594. The van der Waals surface area contributed by atoms with E-state index in [-0.39, 0.29) is 5.78 Å². The van der Waals surface area contributed by atoms with Gasteiger partial charge in [-0.2, -0.15) is 0 Å². The molecule has 0 spiro atoms. The molecule has 1 aromatic heterocycles. The van der Waals surface area contributed by atoms with Gasteiger partial charge in [-0.05, 0) is 31.2 Å². The Morgan fingerprint density at radius 2 is 2.06 bits per heavy atom. The molecular formula is C13H11ClOS2. The van der Waals surface area contributed by atoms with E-state index in [1.807, 2.05) is 43.3 Å². The predicted molar refractivity (Wildman–Crippen MR) is 75.6 cm³/mol. The fraction of sp³-hybridized carbons (Fsp3) is 0.154. The zero-order chi connectivity index (χ0) is 12.3. The maximum absolute atomic E-state index is 11.9. The third kappa shape index (κ3) is 3.35. The molecule has 1 nitrogen and oxygen atoms in total. The van der Waals surface area contributed by atoms with Crippen molar-refractivity contribution >= 4 is 40.5 Å². The van der Waals surface area contributed by atoms with Crippen molar-refractivity contribution in [2.75, 3.05) is 5.75 Å². The van der Waals surface area contributed by atoms with Gasteiger partial charge in [-0.25, -0.2) is 0 Å². The molecule has 0 atom stereocenters. The van der Waals surface area contributed by atoms with Crippen molar-refractivity contribution in [3.05, 3.63) is 51.2 Å². The largest absolute Gasteiger partial charge is 0.292 e. The smallest absolute Gasteiger partial charge is 0.182 e. The average Bonchev–Trinajstić information content (AvgIpc) is 2.74. The van der Waals surface area contributed by atoms with E-state index in [2.05, 4.69) is 0 Å². The summed E-state index contributed by atoms with van der Waals surface area (Å²) in [6.45, 7) is 2.00. The standard InChI is InChI=1S/C13H11ClOS2/c1-9-6-7-13(17-9)11(15)8-16-12-5-3-2-4-10(12)14/h2-7H,8H2,1H3. The highest BCUT2D eigenvalue weighted by atomic mass is 35.5. The van der Waals surface area contributed by atoms with Gasteiger partial charge in [-0.3, -0.25) is 4.79 Å². The van der Waals surface area contributed by atoms with E-state index in [1.54, 1.807) is 0 Å². The van der Waals surface area contributed by atoms with E-state index in [0.717, 1.165) is 14.6 Å². The minimum absolute atomic E-state index is 0.160. The summed E-state index contributed by atoms with van der Waals surface area (Å²) in [6, 6.07) is 11.4. The molecule has 4 heteroatoms. The quantitative estimate of drug-likeness (QED) is 0.598. The first kappa shape index (κ1) is 12.7. The highest BCUT2D eigenvalue weighted by molar-refractivity contribution is 8.00. The molecule has 0 radical (unpaired) electrons. The molecule has 1 heterocycles. The molecule has 0 aliphatic carbocycles. The highest BCUT2D eigenvalue weighted by Crippen LogP contribution is 2.27. The number of rotatable bonds is 4. The van der Waals surface area contributed by atoms with Crippen LogP contribution in [0.5, 0.6) is 0 Å². The Morgan fingerprint density at radius 3 is 2.71 bits per heavy atom. The van der Waals surface area contributed by atoms with Crippen LogP contribution in [0.25, 0.3) is 0 Å². The Morgan fingerprint density at radius 1 is 1.29 bits per heavy atom. The Balaban J connectivity index is 1.99. The van der Waals surface area contributed by atoms with Crippen LogP contribution in [0.15, 0.2) is 41.3 Å². The number of carbonyl (C=O) groups is 1. The van der Waals surface area contributed by atoms with Crippen molar-refractivity contribution in [1.82, 2.24) is 0 Å². The van der Waals surface area contributed by atoms with Gasteiger partial charge in [0.2, 0.25) is 0 Å². The lowest BCUT2D eigenvalue weighted by atomic mass is 10.3. The number of carbonyl (C=O) groups excluding carboxylic acids is 1. The second kappa shape index (κ2) is 5.71. The summed E-state index contributed by atoms with van der Waals surface area (Å²) < 4.78 is 0. The molecule has 88 valence electrons. The van der Waals surface area contributed by atoms with E-state index in [0.29, 0.717) is 10.8 Å². The summed E-state index contributed by atoms with van der Waals surface area (Å²) >= 11 is 9.05. The van der Waals surface area contributed by atoms with Gasteiger partial charge in [0.25, 0.3) is 0 Å². The van der Waals surface area contributed by atoms with Gasteiger partial charge < -0.3 is 0 Å². The molecule has 0 amide bonds. The molecule has 0 saturated heterocycles. The molecule has 0 unspecified atom stereocenters. The number of hydrogen-bond acceptors (Lipinski definition) is 3. The maximum Gasteiger partial charge on any atom is 0.182 e. The second-order valence-electron chi connectivity index (χ2n) is 3.55. The lowest BCUT2D eigenvalue weighted by Crippen LogP contribution is -1.99. The number of hydrogen-bond donors (Lipinski definition) is 0. The van der Waals surface area contributed by atoms with E-state index < -0.39 is 0 Å². The highest BCUT2D eigenvalue weighted by Gasteiger charge is 2.09. The van der Waals surface area contributed by atoms with Crippen molar-refractivity contribution in [2.45, 2.75) is 11.8 Å². The fourth-order valence-corrected chi connectivity index (χ4v) is 3.38. The zero-order valence-electron chi connectivity index (χ0n) is 9.27. The number of benzene rings is 1. The SMILES string of the molecule is Cc1ccc(C(=O)CSc2ccccc2Cl)s1. The van der Waals surface area contributed by atoms with E-state index >= 15 is 0 Å². The van der Waals surface area contributed by atoms with Crippen molar-refractivity contribution in [3.63, 3.8) is 0 Å². The summed E-state index contributed by atoms with van der Waals surface area (Å²) in [5.41, 5.74) is 0. The van der Waals surface area contributed by atoms with E-state index in [1.165, 1.54) is 23.1 Å². The Labute approximate surface area is 114 Å². The topological polar surface area (TPSA) is 17.1 Å². The molecule has 0 fully saturated rings. The normalized spacial score (nSPS) is 10.5. The van der Waals surface area contributed by atoms with Gasteiger partial charge >= 0.3 is 0 Å². The van der Waals surface area contributed by atoms with Gasteiger partial charge in [0.15, 0.2) is 5.78 Å². The molecule has 0 aliphatic rings. The summed E-state index contributed by atoms with van der Waals surface area (Å²) in [5, 5.41) is 0.702. The lowest BCUT2D eigenvalue weighted by molar-refractivity contribution is 0.102. The molecule has 2 aromatic rings. The van der Waals surface area contributed by atoms with Crippen LogP contribution in [0.1, 0.15) is 14.5 Å². The Kier molecular flexibility index (Phi) is 4.26. The third-order valence-corrected chi connectivity index (χ3v) is 4.77. The summed E-state index contributed by atoms with van der Waals surface area (Å²) in [6.07, 6.45) is 0. The van der Waals surface area contributed by atoms with Crippen molar-refractivity contribution in [3.8, 4) is 0 Å². The second-order valence-corrected chi connectivity index (χ2v) is 6.26. The molecule has 0 bridgehead atoms. The van der Waals surface area contributed by atoms with Crippen LogP contribution in [-0.4, -0.2) is 11.5 Å². The van der Waals surface area contributed by atoms with Crippen molar-refractivity contribution < 1.29 is 4.79 Å². The number of thiophene rings is 1. The average molecular weight is 283 g/mol. The molecular weight excluding hydrogens is 272 g/mol. The summed E-state index contributed by atoms with van der Waals surface area (Å²) in [4.78, 5) is 14.8. The number of ketones is 1. The van der Waals surface area contributed by atoms with Crippen LogP contribution in [0.2, 0.25) is 5.02 Å². The maximum atomic E-state index is 11.9. The lowest BCUT2D eigenvalue weighted by Gasteiger charge is -2.02. The fourth-order valence-electron chi connectivity index (χ4n) is 1.36. The first-order valence-electron chi connectivity index (χ1n) is 5.14. The van der Waals surface area contributed by atoms with Gasteiger partial charge in [0.05, 0.1) is 15.7 Å². The van der Waals surface area contributed by atoms with Crippen LogP contribution in [-0.2, 0) is 0 Å². The third-order valence-electron chi connectivity index (χ3n) is 2.21. The Hall–Kier alpha value is -0.770. The molecule has 0 saturated carbocycles. The molecule has 2 rings (SSSR count). The predicted octanol–water partition coefficient (Wildman–Crippen LogP) is 4.68. The van der Waals surface area contributed by atoms with Crippen LogP contribution in [0.4, 0.5) is 0 Å². The van der Waals surface area contributed by atoms with E-state index in [9.17, 15) is 4.79 Å². The van der Waals surface area contributed by atoms with Gasteiger partial charge in [0.1, 0.15) is 0 Å². The van der Waals surface area contributed by atoms with Crippen molar-refractivity contribution in [2.24, 2.45) is 0 Å². The number of thioether (sulfide) groups is 1. The van der Waals surface area contributed by atoms with Crippen molar-refractivity contribution in [1.29, 1.82) is 0 Å². The van der Waals surface area contributed by atoms with Gasteiger partial charge in [0, 0.05) is 9.77 Å². The Bertz CT molecular complexity index is 534. The van der Waals surface area contributed by atoms with E-state index in [4.69, 9.17) is 11.6 Å². The zero-order valence-corrected chi connectivity index (χ0v) is 11.7. The van der Waals surface area contributed by atoms with Crippen LogP contribution < -0.4 is 0 Å². The number of halogens is 1. The molecule has 0 N–H and O–H groups in total. The van der Waals surface area contributed by atoms with Gasteiger partial charge in [-0.15, -0.1) is 23.1 Å². The molecule has 17 heavy (non-hydrogen) atoms. The first-order chi connectivity index (χ1) is 8.16. The summed E-state index contributed by atoms with van der Waals surface area (Å²) in [7, 11) is 0. The minimum atomic E-state index is 0.160.